The van der Waals surface area contributed by atoms with Crippen molar-refractivity contribution in [3.63, 3.8) is 0 Å². The molecule has 86 valence electrons. The molecule has 0 radical (unpaired) electrons. The SMILES string of the molecule is CC(C)(C)NS(=O)(=O)c1csc(CN)c1. The van der Waals surface area contributed by atoms with Crippen LogP contribution in [-0.4, -0.2) is 14.0 Å². The van der Waals surface area contributed by atoms with Crippen LogP contribution in [0.5, 0.6) is 0 Å². The van der Waals surface area contributed by atoms with Crippen LogP contribution in [0.4, 0.5) is 0 Å². The molecule has 0 saturated heterocycles. The Morgan fingerprint density at radius 2 is 2.07 bits per heavy atom. The lowest BCUT2D eigenvalue weighted by molar-refractivity contribution is 0.491. The average molecular weight is 248 g/mol. The first-order valence-electron chi connectivity index (χ1n) is 4.56. The summed E-state index contributed by atoms with van der Waals surface area (Å²) in [6.45, 7) is 5.79. The van der Waals surface area contributed by atoms with Crippen LogP contribution in [0.15, 0.2) is 16.3 Å². The quantitative estimate of drug-likeness (QED) is 0.846. The number of hydrogen-bond donors (Lipinski definition) is 2. The molecule has 3 N–H and O–H groups in total. The van der Waals surface area contributed by atoms with E-state index in [-0.39, 0.29) is 0 Å². The zero-order chi connectivity index (χ0) is 11.7. The molecule has 0 aromatic carbocycles. The second-order valence-electron chi connectivity index (χ2n) is 4.31. The highest BCUT2D eigenvalue weighted by molar-refractivity contribution is 7.89. The van der Waals surface area contributed by atoms with Crippen LogP contribution in [0, 0.1) is 0 Å². The molecule has 1 aromatic rings. The van der Waals surface area contributed by atoms with Gasteiger partial charge in [0.15, 0.2) is 0 Å². The molecule has 0 aliphatic heterocycles. The molecule has 0 aliphatic rings. The molecule has 1 heterocycles. The largest absolute Gasteiger partial charge is 0.326 e. The van der Waals surface area contributed by atoms with Crippen LogP contribution in [0.1, 0.15) is 25.6 Å². The molecular weight excluding hydrogens is 232 g/mol. The van der Waals surface area contributed by atoms with Crippen molar-refractivity contribution in [1.29, 1.82) is 0 Å². The minimum absolute atomic E-state index is 0.294. The van der Waals surface area contributed by atoms with Crippen LogP contribution in [0.3, 0.4) is 0 Å². The summed E-state index contributed by atoms with van der Waals surface area (Å²) in [6.07, 6.45) is 0. The number of thiophene rings is 1. The van der Waals surface area contributed by atoms with Gasteiger partial charge in [-0.05, 0) is 26.8 Å². The molecule has 0 unspecified atom stereocenters. The fourth-order valence-corrected chi connectivity index (χ4v) is 3.64. The third kappa shape index (κ3) is 3.57. The highest BCUT2D eigenvalue weighted by atomic mass is 32.2. The van der Waals surface area contributed by atoms with E-state index >= 15 is 0 Å². The standard InChI is InChI=1S/C9H16N2O2S2/c1-9(2,3)11-15(12,13)8-4-7(5-10)14-6-8/h4,6,11H,5,10H2,1-3H3. The van der Waals surface area contributed by atoms with Crippen molar-refractivity contribution in [2.75, 3.05) is 0 Å². The summed E-state index contributed by atoms with van der Waals surface area (Å²) >= 11 is 1.36. The molecule has 0 atom stereocenters. The van der Waals surface area contributed by atoms with Crippen molar-refractivity contribution in [2.24, 2.45) is 5.73 Å². The van der Waals surface area contributed by atoms with Crippen LogP contribution >= 0.6 is 11.3 Å². The Hall–Kier alpha value is -0.430. The van der Waals surface area contributed by atoms with Gasteiger partial charge in [-0.25, -0.2) is 13.1 Å². The van der Waals surface area contributed by atoms with Gasteiger partial charge in [-0.15, -0.1) is 11.3 Å². The van der Waals surface area contributed by atoms with E-state index in [1.165, 1.54) is 11.3 Å². The summed E-state index contributed by atoms with van der Waals surface area (Å²) in [5, 5.41) is 1.61. The van der Waals surface area contributed by atoms with Crippen LogP contribution < -0.4 is 10.5 Å². The zero-order valence-electron chi connectivity index (χ0n) is 9.07. The van der Waals surface area contributed by atoms with E-state index < -0.39 is 15.6 Å². The van der Waals surface area contributed by atoms with E-state index in [0.29, 0.717) is 11.4 Å². The monoisotopic (exact) mass is 248 g/mol. The van der Waals surface area contributed by atoms with Crippen molar-refractivity contribution in [2.45, 2.75) is 37.8 Å². The summed E-state index contributed by atoms with van der Waals surface area (Å²) in [5.41, 5.74) is 4.96. The fraction of sp³-hybridized carbons (Fsp3) is 0.556. The lowest BCUT2D eigenvalue weighted by Gasteiger charge is -2.19. The maximum absolute atomic E-state index is 11.8. The number of nitrogens with one attached hydrogen (secondary N) is 1. The van der Waals surface area contributed by atoms with Gasteiger partial charge in [0.2, 0.25) is 10.0 Å². The van der Waals surface area contributed by atoms with E-state index in [9.17, 15) is 8.42 Å². The normalized spacial score (nSPS) is 13.1. The Kier molecular flexibility index (Phi) is 3.55. The second kappa shape index (κ2) is 4.21. The Morgan fingerprint density at radius 3 is 2.47 bits per heavy atom. The first kappa shape index (κ1) is 12.6. The number of rotatable bonds is 3. The Balaban J connectivity index is 2.96. The molecule has 1 aromatic heterocycles. The van der Waals surface area contributed by atoms with Gasteiger partial charge in [-0.1, -0.05) is 0 Å². The van der Waals surface area contributed by atoms with Gasteiger partial charge in [0.05, 0.1) is 4.90 Å². The summed E-state index contributed by atoms with van der Waals surface area (Å²) in [6, 6.07) is 1.61. The molecular formula is C9H16N2O2S2. The van der Waals surface area contributed by atoms with Gasteiger partial charge >= 0.3 is 0 Å². The van der Waals surface area contributed by atoms with Crippen molar-refractivity contribution < 1.29 is 8.42 Å². The summed E-state index contributed by atoms with van der Waals surface area (Å²) < 4.78 is 26.3. The fourth-order valence-electron chi connectivity index (χ4n) is 1.07. The minimum atomic E-state index is -3.40. The maximum Gasteiger partial charge on any atom is 0.241 e. The third-order valence-corrected chi connectivity index (χ3v) is 4.43. The Labute approximate surface area is 94.5 Å². The van der Waals surface area contributed by atoms with Crippen LogP contribution in [0.25, 0.3) is 0 Å². The lowest BCUT2D eigenvalue weighted by Crippen LogP contribution is -2.40. The third-order valence-electron chi connectivity index (χ3n) is 1.58. The second-order valence-corrected chi connectivity index (χ2v) is 6.99. The van der Waals surface area contributed by atoms with E-state index in [2.05, 4.69) is 4.72 Å². The van der Waals surface area contributed by atoms with E-state index in [1.807, 2.05) is 0 Å². The van der Waals surface area contributed by atoms with Gasteiger partial charge in [0.1, 0.15) is 0 Å². The van der Waals surface area contributed by atoms with Crippen molar-refractivity contribution in [3.8, 4) is 0 Å². The first-order valence-corrected chi connectivity index (χ1v) is 6.92. The lowest BCUT2D eigenvalue weighted by atomic mass is 10.1. The van der Waals surface area contributed by atoms with Gasteiger partial charge in [-0.2, -0.15) is 0 Å². The number of hydrogen-bond acceptors (Lipinski definition) is 4. The predicted molar refractivity (Wildman–Crippen MR) is 62.3 cm³/mol. The molecule has 0 amide bonds. The molecule has 0 aliphatic carbocycles. The van der Waals surface area contributed by atoms with Gasteiger partial charge in [0.25, 0.3) is 0 Å². The van der Waals surface area contributed by atoms with Crippen LogP contribution in [0.2, 0.25) is 0 Å². The smallest absolute Gasteiger partial charge is 0.241 e. The zero-order valence-corrected chi connectivity index (χ0v) is 10.7. The first-order chi connectivity index (χ1) is 6.74. The van der Waals surface area contributed by atoms with E-state index in [1.54, 1.807) is 32.2 Å². The summed E-state index contributed by atoms with van der Waals surface area (Å²) in [4.78, 5) is 1.16. The highest BCUT2D eigenvalue weighted by Gasteiger charge is 2.22. The van der Waals surface area contributed by atoms with Crippen molar-refractivity contribution in [1.82, 2.24) is 4.72 Å². The predicted octanol–water partition coefficient (Wildman–Crippen LogP) is 1.28. The Bertz CT molecular complexity index is 429. The number of sulfonamides is 1. The Morgan fingerprint density at radius 1 is 1.47 bits per heavy atom. The molecule has 0 bridgehead atoms. The molecule has 6 heteroatoms. The average Bonchev–Trinajstić information content (AvgIpc) is 2.47. The molecule has 15 heavy (non-hydrogen) atoms. The number of nitrogens with two attached hydrogens (primary N) is 1. The van der Waals surface area contributed by atoms with Crippen molar-refractivity contribution in [3.05, 3.63) is 16.3 Å². The highest BCUT2D eigenvalue weighted by Crippen LogP contribution is 2.20. The van der Waals surface area contributed by atoms with Gasteiger partial charge in [0, 0.05) is 22.3 Å². The van der Waals surface area contributed by atoms with Crippen LogP contribution in [-0.2, 0) is 16.6 Å². The minimum Gasteiger partial charge on any atom is -0.326 e. The topological polar surface area (TPSA) is 72.2 Å². The summed E-state index contributed by atoms with van der Waals surface area (Å²) in [5.74, 6) is 0. The molecule has 0 spiro atoms. The van der Waals surface area contributed by atoms with E-state index in [0.717, 1.165) is 4.88 Å². The molecule has 4 nitrogen and oxygen atoms in total. The maximum atomic E-state index is 11.8. The van der Waals surface area contributed by atoms with Gasteiger partial charge in [-0.3, -0.25) is 0 Å². The summed E-state index contributed by atoms with van der Waals surface area (Å²) in [7, 11) is -3.40. The molecule has 0 fully saturated rings. The van der Waals surface area contributed by atoms with Gasteiger partial charge < -0.3 is 5.73 Å². The molecule has 0 saturated carbocycles. The van der Waals surface area contributed by atoms with E-state index in [4.69, 9.17) is 5.73 Å². The molecule has 1 rings (SSSR count). The van der Waals surface area contributed by atoms with Crippen molar-refractivity contribution >= 4 is 21.4 Å².